The topological polar surface area (TPSA) is 89.0 Å². The van der Waals surface area contributed by atoms with Gasteiger partial charge in [-0.15, -0.1) is 0 Å². The Labute approximate surface area is 151 Å². The average Bonchev–Trinajstić information content (AvgIpc) is 2.69. The van der Waals surface area contributed by atoms with Crippen LogP contribution in [0.5, 0.6) is 5.75 Å². The molecule has 2 N–H and O–H groups in total. The highest BCUT2D eigenvalue weighted by Gasteiger charge is 2.08. The molecule has 26 heavy (non-hydrogen) atoms. The molecule has 1 aromatic carbocycles. The van der Waals surface area contributed by atoms with E-state index in [-0.39, 0.29) is 5.91 Å². The second-order valence-corrected chi connectivity index (χ2v) is 5.39. The van der Waals surface area contributed by atoms with Crippen molar-refractivity contribution in [2.45, 2.75) is 13.5 Å². The fraction of sp³-hybridized carbons (Fsp3) is 0.158. The molecule has 3 rings (SSSR count). The van der Waals surface area contributed by atoms with Crippen molar-refractivity contribution >= 4 is 17.5 Å². The van der Waals surface area contributed by atoms with Gasteiger partial charge in [0.25, 0.3) is 5.91 Å². The number of hydrogen-bond donors (Lipinski definition) is 2. The second kappa shape index (κ2) is 8.57. The van der Waals surface area contributed by atoms with Crippen molar-refractivity contribution in [2.75, 3.05) is 11.9 Å². The van der Waals surface area contributed by atoms with E-state index < -0.39 is 0 Å². The first kappa shape index (κ1) is 17.3. The molecule has 0 aliphatic rings. The zero-order valence-corrected chi connectivity index (χ0v) is 14.3. The summed E-state index contributed by atoms with van der Waals surface area (Å²) in [6.45, 7) is 2.89. The van der Waals surface area contributed by atoms with E-state index in [9.17, 15) is 4.79 Å². The van der Waals surface area contributed by atoms with Crippen LogP contribution in [0.3, 0.4) is 0 Å². The number of ether oxygens (including phenoxy) is 1. The fourth-order valence-electron chi connectivity index (χ4n) is 2.27. The molecule has 0 spiro atoms. The number of nitrogens with zero attached hydrogens (tertiary/aromatic N) is 3. The summed E-state index contributed by atoms with van der Waals surface area (Å²) in [5.41, 5.74) is 2.08. The third kappa shape index (κ3) is 4.54. The summed E-state index contributed by atoms with van der Waals surface area (Å²) in [4.78, 5) is 24.6. The smallest absolute Gasteiger partial charge is 0.254 e. The van der Waals surface area contributed by atoms with Gasteiger partial charge in [0.05, 0.1) is 17.9 Å². The molecule has 2 heterocycles. The lowest BCUT2D eigenvalue weighted by atomic mass is 10.2. The largest absolute Gasteiger partial charge is 0.492 e. The molecule has 0 aliphatic carbocycles. The lowest BCUT2D eigenvalue weighted by molar-refractivity contribution is 0.0950. The monoisotopic (exact) mass is 349 g/mol. The Morgan fingerprint density at radius 3 is 2.62 bits per heavy atom. The molecule has 0 saturated carbocycles. The number of para-hydroxylation sites is 2. The van der Waals surface area contributed by atoms with Crippen molar-refractivity contribution in [3.63, 3.8) is 0 Å². The first-order valence-electron chi connectivity index (χ1n) is 8.24. The van der Waals surface area contributed by atoms with Gasteiger partial charge in [-0.25, -0.2) is 9.97 Å². The maximum atomic E-state index is 12.2. The van der Waals surface area contributed by atoms with Crippen LogP contribution in [0.1, 0.15) is 22.8 Å². The Bertz CT molecular complexity index is 853. The van der Waals surface area contributed by atoms with Gasteiger partial charge in [-0.1, -0.05) is 18.2 Å². The highest BCUT2D eigenvalue weighted by atomic mass is 16.5. The third-order valence-electron chi connectivity index (χ3n) is 3.52. The van der Waals surface area contributed by atoms with E-state index in [1.54, 1.807) is 12.4 Å². The Kier molecular flexibility index (Phi) is 5.72. The predicted molar refractivity (Wildman–Crippen MR) is 98.3 cm³/mol. The van der Waals surface area contributed by atoms with Gasteiger partial charge in [0.1, 0.15) is 5.75 Å². The maximum absolute atomic E-state index is 12.2. The molecule has 0 saturated heterocycles. The lowest BCUT2D eigenvalue weighted by Crippen LogP contribution is -2.23. The zero-order valence-electron chi connectivity index (χ0n) is 14.3. The summed E-state index contributed by atoms with van der Waals surface area (Å²) in [6, 6.07) is 11.3. The standard InChI is InChI=1S/C19H19N5O2/c1-2-26-17-8-4-3-7-16(17)24-19-22-12-15(13-23-19)18(25)21-11-14-6-5-9-20-10-14/h3-10,12-13H,2,11H2,1H3,(H,21,25)(H,22,23,24). The van der Waals surface area contributed by atoms with Crippen LogP contribution < -0.4 is 15.4 Å². The van der Waals surface area contributed by atoms with Gasteiger partial charge in [-0.2, -0.15) is 0 Å². The summed E-state index contributed by atoms with van der Waals surface area (Å²) in [7, 11) is 0. The Morgan fingerprint density at radius 1 is 1.08 bits per heavy atom. The van der Waals surface area contributed by atoms with Crippen LogP contribution in [0.2, 0.25) is 0 Å². The minimum Gasteiger partial charge on any atom is -0.492 e. The first-order chi connectivity index (χ1) is 12.8. The SMILES string of the molecule is CCOc1ccccc1Nc1ncc(C(=O)NCc2cccnc2)cn1. The number of carbonyl (C=O) groups excluding carboxylic acids is 1. The summed E-state index contributed by atoms with van der Waals surface area (Å²) in [6.07, 6.45) is 6.36. The van der Waals surface area contributed by atoms with Crippen LogP contribution in [-0.4, -0.2) is 27.5 Å². The molecule has 0 radical (unpaired) electrons. The molecule has 1 amide bonds. The van der Waals surface area contributed by atoms with Gasteiger partial charge in [-0.3, -0.25) is 9.78 Å². The van der Waals surface area contributed by atoms with E-state index in [0.29, 0.717) is 24.7 Å². The predicted octanol–water partition coefficient (Wildman–Crippen LogP) is 2.94. The molecule has 7 heteroatoms. The van der Waals surface area contributed by atoms with Crippen LogP contribution in [0, 0.1) is 0 Å². The van der Waals surface area contributed by atoms with E-state index >= 15 is 0 Å². The van der Waals surface area contributed by atoms with Gasteiger partial charge in [0.15, 0.2) is 0 Å². The van der Waals surface area contributed by atoms with Crippen molar-refractivity contribution in [2.24, 2.45) is 0 Å². The van der Waals surface area contributed by atoms with Gasteiger partial charge >= 0.3 is 0 Å². The maximum Gasteiger partial charge on any atom is 0.254 e. The highest BCUT2D eigenvalue weighted by molar-refractivity contribution is 5.93. The van der Waals surface area contributed by atoms with Crippen LogP contribution in [0.15, 0.2) is 61.2 Å². The fourth-order valence-corrected chi connectivity index (χ4v) is 2.27. The van der Waals surface area contributed by atoms with Crippen molar-refractivity contribution in [1.29, 1.82) is 0 Å². The molecule has 132 valence electrons. The van der Waals surface area contributed by atoms with E-state index in [0.717, 1.165) is 17.0 Å². The molecule has 0 atom stereocenters. The number of hydrogen-bond acceptors (Lipinski definition) is 6. The van der Waals surface area contributed by atoms with Crippen LogP contribution >= 0.6 is 0 Å². The molecule has 7 nitrogen and oxygen atoms in total. The molecule has 0 unspecified atom stereocenters. The number of benzene rings is 1. The van der Waals surface area contributed by atoms with Gasteiger partial charge in [0.2, 0.25) is 5.95 Å². The van der Waals surface area contributed by atoms with Crippen molar-refractivity contribution in [3.05, 3.63) is 72.3 Å². The minimum atomic E-state index is -0.241. The zero-order chi connectivity index (χ0) is 18.2. The molecule has 0 aliphatic heterocycles. The van der Waals surface area contributed by atoms with Crippen LogP contribution in [-0.2, 0) is 6.54 Å². The van der Waals surface area contributed by atoms with Crippen molar-refractivity contribution < 1.29 is 9.53 Å². The van der Waals surface area contributed by atoms with E-state index in [2.05, 4.69) is 25.6 Å². The minimum absolute atomic E-state index is 0.241. The number of carbonyl (C=O) groups is 1. The number of pyridine rings is 1. The molecule has 0 fully saturated rings. The van der Waals surface area contributed by atoms with Gasteiger partial charge in [0, 0.05) is 31.3 Å². The van der Waals surface area contributed by atoms with Crippen molar-refractivity contribution in [1.82, 2.24) is 20.3 Å². The second-order valence-electron chi connectivity index (χ2n) is 5.39. The molecule has 0 bridgehead atoms. The van der Waals surface area contributed by atoms with Crippen LogP contribution in [0.4, 0.5) is 11.6 Å². The highest BCUT2D eigenvalue weighted by Crippen LogP contribution is 2.25. The lowest BCUT2D eigenvalue weighted by Gasteiger charge is -2.11. The quantitative estimate of drug-likeness (QED) is 0.682. The van der Waals surface area contributed by atoms with E-state index in [1.165, 1.54) is 12.4 Å². The Morgan fingerprint density at radius 2 is 1.88 bits per heavy atom. The third-order valence-corrected chi connectivity index (χ3v) is 3.52. The number of aromatic nitrogens is 3. The van der Waals surface area contributed by atoms with Gasteiger partial charge in [-0.05, 0) is 30.7 Å². The summed E-state index contributed by atoms with van der Waals surface area (Å²) >= 11 is 0. The average molecular weight is 349 g/mol. The molecular weight excluding hydrogens is 330 g/mol. The van der Waals surface area contributed by atoms with E-state index in [4.69, 9.17) is 4.74 Å². The summed E-state index contributed by atoms with van der Waals surface area (Å²) in [5, 5.41) is 5.91. The summed E-state index contributed by atoms with van der Waals surface area (Å²) < 4.78 is 5.56. The van der Waals surface area contributed by atoms with E-state index in [1.807, 2.05) is 43.3 Å². The van der Waals surface area contributed by atoms with Crippen LogP contribution in [0.25, 0.3) is 0 Å². The number of anilines is 2. The Balaban J connectivity index is 1.62. The van der Waals surface area contributed by atoms with Crippen molar-refractivity contribution in [3.8, 4) is 5.75 Å². The van der Waals surface area contributed by atoms with Gasteiger partial charge < -0.3 is 15.4 Å². The number of rotatable bonds is 7. The summed E-state index contributed by atoms with van der Waals surface area (Å²) in [5.74, 6) is 0.868. The molecule has 3 aromatic rings. The number of nitrogens with one attached hydrogen (secondary N) is 2. The molecule has 2 aromatic heterocycles. The molecular formula is C19H19N5O2. The first-order valence-corrected chi connectivity index (χ1v) is 8.24. The Hall–Kier alpha value is -3.48. The number of amides is 1. The normalized spacial score (nSPS) is 10.2.